The van der Waals surface area contributed by atoms with E-state index in [1.165, 1.54) is 6.08 Å². The Hall–Kier alpha value is -1.81. The maximum absolute atomic E-state index is 11.0. The van der Waals surface area contributed by atoms with Gasteiger partial charge >= 0.3 is 5.97 Å². The number of nitriles is 2. The summed E-state index contributed by atoms with van der Waals surface area (Å²) in [4.78, 5) is 11.0. The molecule has 0 radical (unpaired) electrons. The number of hydrogen-bond acceptors (Lipinski definition) is 4. The van der Waals surface area contributed by atoms with E-state index in [0.29, 0.717) is 5.57 Å². The normalized spacial score (nSPS) is 9.92. The lowest BCUT2D eigenvalue weighted by Gasteiger charge is -2.00. The quantitative estimate of drug-likeness (QED) is 0.369. The minimum atomic E-state index is -0.467. The van der Waals surface area contributed by atoms with Crippen LogP contribution < -0.4 is 0 Å². The van der Waals surface area contributed by atoms with Gasteiger partial charge in [-0.1, -0.05) is 6.08 Å². The van der Waals surface area contributed by atoms with Crippen LogP contribution in [0.25, 0.3) is 0 Å². The largest absolute Gasteiger partial charge is 0.461 e. The van der Waals surface area contributed by atoms with Gasteiger partial charge in [-0.3, -0.25) is 0 Å². The summed E-state index contributed by atoms with van der Waals surface area (Å²) in [6.45, 7) is 1.68. The monoisotopic (exact) mass is 178 g/mol. The highest BCUT2D eigenvalue weighted by molar-refractivity contribution is 5.87. The molecule has 0 aliphatic heterocycles. The second-order valence-corrected chi connectivity index (χ2v) is 2.29. The molecule has 0 aliphatic carbocycles. The number of carbonyl (C=O) groups is 1. The molecule has 0 aromatic carbocycles. The van der Waals surface area contributed by atoms with Crippen molar-refractivity contribution in [3.8, 4) is 12.1 Å². The summed E-state index contributed by atoms with van der Waals surface area (Å²) in [5, 5.41) is 16.4. The summed E-state index contributed by atoms with van der Waals surface area (Å²) in [6.07, 6.45) is 1.88. The summed E-state index contributed by atoms with van der Waals surface area (Å²) in [7, 11) is 0. The van der Waals surface area contributed by atoms with Gasteiger partial charge in [-0.2, -0.15) is 10.5 Å². The predicted molar refractivity (Wildman–Crippen MR) is 45.2 cm³/mol. The molecule has 0 rings (SSSR count). The zero-order valence-electron chi connectivity index (χ0n) is 7.41. The highest BCUT2D eigenvalue weighted by Gasteiger charge is 2.03. The van der Waals surface area contributed by atoms with Gasteiger partial charge in [-0.15, -0.1) is 0 Å². The summed E-state index contributed by atoms with van der Waals surface area (Å²) < 4.78 is 4.70. The van der Waals surface area contributed by atoms with Gasteiger partial charge in [-0.05, 0) is 6.92 Å². The van der Waals surface area contributed by atoms with Gasteiger partial charge in [0, 0.05) is 5.57 Å². The zero-order valence-corrected chi connectivity index (χ0v) is 7.41. The molecule has 0 spiro atoms. The molecule has 68 valence electrons. The number of hydrogen-bond donors (Lipinski definition) is 0. The van der Waals surface area contributed by atoms with Crippen molar-refractivity contribution in [2.45, 2.75) is 19.8 Å². The molecule has 0 saturated heterocycles. The van der Waals surface area contributed by atoms with Crippen molar-refractivity contribution in [2.24, 2.45) is 0 Å². The first-order valence-corrected chi connectivity index (χ1v) is 3.80. The molecular weight excluding hydrogens is 168 g/mol. The molecule has 0 aromatic heterocycles. The molecule has 13 heavy (non-hydrogen) atoms. The topological polar surface area (TPSA) is 73.9 Å². The molecular formula is C9H10N2O2. The van der Waals surface area contributed by atoms with Gasteiger partial charge in [-0.25, -0.2) is 4.79 Å². The van der Waals surface area contributed by atoms with E-state index < -0.39 is 5.97 Å². The molecule has 0 amide bonds. The Balaban J connectivity index is 3.85. The minimum absolute atomic E-state index is 0.104. The number of rotatable bonds is 4. The fraction of sp³-hybridized carbons (Fsp3) is 0.444. The second-order valence-electron chi connectivity index (χ2n) is 2.29. The van der Waals surface area contributed by atoms with E-state index in [0.717, 1.165) is 0 Å². The van der Waals surface area contributed by atoms with Crippen LogP contribution in [-0.4, -0.2) is 12.6 Å². The van der Waals surface area contributed by atoms with Crippen LogP contribution in [0.5, 0.6) is 0 Å². The Morgan fingerprint density at radius 3 is 2.69 bits per heavy atom. The van der Waals surface area contributed by atoms with Crippen LogP contribution in [0.2, 0.25) is 0 Å². The van der Waals surface area contributed by atoms with Gasteiger partial charge in [0.05, 0.1) is 25.0 Å². The Morgan fingerprint density at radius 1 is 1.46 bits per heavy atom. The maximum atomic E-state index is 11.0. The molecule has 0 aliphatic rings. The summed E-state index contributed by atoms with van der Waals surface area (Å²) >= 11 is 0. The van der Waals surface area contributed by atoms with Crippen LogP contribution in [0, 0.1) is 22.7 Å². The Kier molecular flexibility index (Phi) is 5.92. The smallest absolute Gasteiger partial charge is 0.333 e. The standard InChI is InChI=1S/C9H10N2O2/c1-8(4-2-5-10)9(12)13-7-3-6-11/h4H,2-3,7H2,1H3/b8-4+. The van der Waals surface area contributed by atoms with Crippen molar-refractivity contribution < 1.29 is 9.53 Å². The molecule has 0 unspecified atom stereocenters. The number of carbonyl (C=O) groups excluding carboxylic acids is 1. The van der Waals surface area contributed by atoms with Crippen LogP contribution in [0.15, 0.2) is 11.6 Å². The lowest BCUT2D eigenvalue weighted by Crippen LogP contribution is -2.06. The zero-order chi connectivity index (χ0) is 10.1. The summed E-state index contributed by atoms with van der Waals surface area (Å²) in [5.41, 5.74) is 0.402. The molecule has 0 atom stereocenters. The first-order valence-electron chi connectivity index (χ1n) is 3.80. The third kappa shape index (κ3) is 5.46. The minimum Gasteiger partial charge on any atom is -0.461 e. The van der Waals surface area contributed by atoms with Crippen molar-refractivity contribution in [3.63, 3.8) is 0 Å². The van der Waals surface area contributed by atoms with Gasteiger partial charge in [0.15, 0.2) is 0 Å². The van der Waals surface area contributed by atoms with Gasteiger partial charge < -0.3 is 4.74 Å². The van der Waals surface area contributed by atoms with E-state index in [4.69, 9.17) is 15.3 Å². The number of esters is 1. The molecule has 0 fully saturated rings. The fourth-order valence-electron chi connectivity index (χ4n) is 0.585. The third-order valence-corrected chi connectivity index (χ3v) is 1.27. The fourth-order valence-corrected chi connectivity index (χ4v) is 0.585. The van der Waals surface area contributed by atoms with Gasteiger partial charge in [0.1, 0.15) is 6.61 Å². The van der Waals surface area contributed by atoms with Gasteiger partial charge in [0.25, 0.3) is 0 Å². The van der Waals surface area contributed by atoms with Crippen molar-refractivity contribution in [1.29, 1.82) is 10.5 Å². The summed E-state index contributed by atoms with van der Waals surface area (Å²) in [5.74, 6) is -0.467. The van der Waals surface area contributed by atoms with Crippen LogP contribution >= 0.6 is 0 Å². The molecule has 4 heteroatoms. The van der Waals surface area contributed by atoms with E-state index in [-0.39, 0.29) is 19.4 Å². The van der Waals surface area contributed by atoms with Crippen LogP contribution in [0.1, 0.15) is 19.8 Å². The van der Waals surface area contributed by atoms with Crippen molar-refractivity contribution >= 4 is 5.97 Å². The molecule has 0 N–H and O–H groups in total. The SMILES string of the molecule is C/C(=C\CC#N)C(=O)OCCC#N. The molecule has 0 aromatic rings. The molecule has 4 nitrogen and oxygen atoms in total. The Bertz CT molecular complexity index is 281. The number of nitrogens with zero attached hydrogens (tertiary/aromatic N) is 2. The molecule has 0 heterocycles. The van der Waals surface area contributed by atoms with E-state index in [1.54, 1.807) is 6.92 Å². The maximum Gasteiger partial charge on any atom is 0.333 e. The first-order chi connectivity index (χ1) is 6.22. The number of allylic oxidation sites excluding steroid dienone is 1. The second kappa shape index (κ2) is 6.87. The van der Waals surface area contributed by atoms with E-state index in [1.807, 2.05) is 12.1 Å². The van der Waals surface area contributed by atoms with E-state index in [2.05, 4.69) is 0 Å². The molecule has 0 bridgehead atoms. The highest BCUT2D eigenvalue weighted by Crippen LogP contribution is 1.98. The average Bonchev–Trinajstić information content (AvgIpc) is 2.14. The predicted octanol–water partition coefficient (Wildman–Crippen LogP) is 1.30. The Morgan fingerprint density at radius 2 is 2.15 bits per heavy atom. The van der Waals surface area contributed by atoms with Crippen molar-refractivity contribution in [3.05, 3.63) is 11.6 Å². The summed E-state index contributed by atoms with van der Waals surface area (Å²) in [6, 6.07) is 3.74. The van der Waals surface area contributed by atoms with Crippen LogP contribution in [0.3, 0.4) is 0 Å². The van der Waals surface area contributed by atoms with E-state index >= 15 is 0 Å². The third-order valence-electron chi connectivity index (χ3n) is 1.27. The van der Waals surface area contributed by atoms with Crippen LogP contribution in [-0.2, 0) is 9.53 Å². The van der Waals surface area contributed by atoms with Crippen LogP contribution in [0.4, 0.5) is 0 Å². The lowest BCUT2D eigenvalue weighted by atomic mass is 10.2. The molecule has 0 saturated carbocycles. The van der Waals surface area contributed by atoms with Gasteiger partial charge in [0.2, 0.25) is 0 Å². The lowest BCUT2D eigenvalue weighted by molar-refractivity contribution is -0.138. The first kappa shape index (κ1) is 11.2. The number of ether oxygens (including phenoxy) is 1. The average molecular weight is 178 g/mol. The van der Waals surface area contributed by atoms with E-state index in [9.17, 15) is 4.79 Å². The Labute approximate surface area is 77.0 Å². The van der Waals surface area contributed by atoms with Crippen molar-refractivity contribution in [1.82, 2.24) is 0 Å². The highest BCUT2D eigenvalue weighted by atomic mass is 16.5. The van der Waals surface area contributed by atoms with Crippen molar-refractivity contribution in [2.75, 3.05) is 6.61 Å².